The second-order valence-corrected chi connectivity index (χ2v) is 3.19. The monoisotopic (exact) mass is 165 g/mol. The molecule has 1 fully saturated rings. The van der Waals surface area contributed by atoms with E-state index in [0.29, 0.717) is 0 Å². The smallest absolute Gasteiger partial charge is 0.182 e. The van der Waals surface area contributed by atoms with Gasteiger partial charge in [0.05, 0.1) is 20.1 Å². The van der Waals surface area contributed by atoms with Crippen LogP contribution >= 0.6 is 0 Å². The zero-order valence-corrected chi connectivity index (χ0v) is 7.52. The first kappa shape index (κ1) is 10.2. The standard InChI is InChI=1S/C7H16NO.ClH/c1-8(7-9-2)5-3-4-6-8;/h3-7H2,1-2H3;1H/q+1;/p-1. The lowest BCUT2D eigenvalue weighted by Crippen LogP contribution is -3.00. The molecule has 0 N–H and O–H groups in total. The van der Waals surface area contributed by atoms with Crippen molar-refractivity contribution in [2.24, 2.45) is 0 Å². The molecule has 0 atom stereocenters. The van der Waals surface area contributed by atoms with Crippen molar-refractivity contribution < 1.29 is 21.6 Å². The normalized spacial score (nSPS) is 22.2. The molecule has 1 aliphatic rings. The number of hydrogen-bond acceptors (Lipinski definition) is 1. The molecule has 1 heterocycles. The molecule has 0 bridgehead atoms. The van der Waals surface area contributed by atoms with E-state index in [0.717, 1.165) is 11.2 Å². The molecule has 0 spiro atoms. The van der Waals surface area contributed by atoms with Gasteiger partial charge >= 0.3 is 0 Å². The summed E-state index contributed by atoms with van der Waals surface area (Å²) in [5, 5.41) is 0. The second kappa shape index (κ2) is 4.16. The molecule has 0 aromatic carbocycles. The maximum atomic E-state index is 5.10. The number of methoxy groups -OCH3 is 1. The minimum Gasteiger partial charge on any atom is -1.00 e. The molecule has 1 aliphatic heterocycles. The van der Waals surface area contributed by atoms with Crippen LogP contribution in [0.1, 0.15) is 12.8 Å². The Balaban J connectivity index is 0.000000810. The Morgan fingerprint density at radius 1 is 1.30 bits per heavy atom. The van der Waals surface area contributed by atoms with Gasteiger partial charge in [-0.15, -0.1) is 0 Å². The van der Waals surface area contributed by atoms with Gasteiger partial charge in [0.25, 0.3) is 0 Å². The fraction of sp³-hybridized carbons (Fsp3) is 1.00. The Labute approximate surface area is 69.2 Å². The molecule has 62 valence electrons. The van der Waals surface area contributed by atoms with Crippen molar-refractivity contribution in [1.29, 1.82) is 0 Å². The van der Waals surface area contributed by atoms with Crippen molar-refractivity contribution in [3.63, 3.8) is 0 Å². The van der Waals surface area contributed by atoms with Crippen LogP contribution in [0.25, 0.3) is 0 Å². The van der Waals surface area contributed by atoms with Gasteiger partial charge in [-0.1, -0.05) is 0 Å². The summed E-state index contributed by atoms with van der Waals surface area (Å²) in [6.45, 7) is 3.49. The van der Waals surface area contributed by atoms with Crippen LogP contribution in [-0.4, -0.2) is 38.5 Å². The van der Waals surface area contributed by atoms with Gasteiger partial charge in [0.1, 0.15) is 0 Å². The quantitative estimate of drug-likeness (QED) is 0.424. The van der Waals surface area contributed by atoms with Crippen LogP contribution in [0.5, 0.6) is 0 Å². The van der Waals surface area contributed by atoms with Gasteiger partial charge in [-0.2, -0.15) is 0 Å². The molecule has 0 aromatic heterocycles. The van der Waals surface area contributed by atoms with E-state index in [1.165, 1.54) is 25.9 Å². The van der Waals surface area contributed by atoms with E-state index in [9.17, 15) is 0 Å². The van der Waals surface area contributed by atoms with Crippen molar-refractivity contribution in [3.05, 3.63) is 0 Å². The third-order valence-corrected chi connectivity index (χ3v) is 2.09. The van der Waals surface area contributed by atoms with Gasteiger partial charge < -0.3 is 21.6 Å². The van der Waals surface area contributed by atoms with Gasteiger partial charge in [0.15, 0.2) is 6.73 Å². The van der Waals surface area contributed by atoms with E-state index in [1.54, 1.807) is 7.11 Å². The number of ether oxygens (including phenoxy) is 1. The molecular formula is C7H16ClNO. The van der Waals surface area contributed by atoms with Crippen molar-refractivity contribution in [1.82, 2.24) is 0 Å². The highest BCUT2D eigenvalue weighted by molar-refractivity contribution is 4.48. The summed E-state index contributed by atoms with van der Waals surface area (Å²) in [5.74, 6) is 0. The van der Waals surface area contributed by atoms with Gasteiger partial charge in [-0.25, -0.2) is 0 Å². The highest BCUT2D eigenvalue weighted by Crippen LogP contribution is 2.14. The summed E-state index contributed by atoms with van der Waals surface area (Å²) in [6, 6.07) is 0. The first-order chi connectivity index (χ1) is 4.27. The molecule has 0 amide bonds. The van der Waals surface area contributed by atoms with Crippen LogP contribution in [0.3, 0.4) is 0 Å². The van der Waals surface area contributed by atoms with Crippen LogP contribution in [0.15, 0.2) is 0 Å². The second-order valence-electron chi connectivity index (χ2n) is 3.19. The number of quaternary nitrogens is 1. The Morgan fingerprint density at radius 2 is 1.80 bits per heavy atom. The van der Waals surface area contributed by atoms with Gasteiger partial charge in [0, 0.05) is 20.0 Å². The summed E-state index contributed by atoms with van der Waals surface area (Å²) in [6.07, 6.45) is 2.75. The molecule has 0 aliphatic carbocycles. The van der Waals surface area contributed by atoms with Crippen LogP contribution in [-0.2, 0) is 4.74 Å². The molecule has 0 unspecified atom stereocenters. The van der Waals surface area contributed by atoms with Crippen LogP contribution in [0, 0.1) is 0 Å². The molecule has 1 rings (SSSR count). The predicted molar refractivity (Wildman–Crippen MR) is 37.0 cm³/mol. The molecule has 10 heavy (non-hydrogen) atoms. The van der Waals surface area contributed by atoms with Crippen LogP contribution < -0.4 is 12.4 Å². The maximum absolute atomic E-state index is 5.10. The number of nitrogens with zero attached hydrogens (tertiary/aromatic N) is 1. The van der Waals surface area contributed by atoms with Gasteiger partial charge in [-0.05, 0) is 0 Å². The summed E-state index contributed by atoms with van der Waals surface area (Å²) in [7, 11) is 4.04. The fourth-order valence-electron chi connectivity index (χ4n) is 1.54. The lowest BCUT2D eigenvalue weighted by atomic mass is 10.4. The minimum absolute atomic E-state index is 0. The zero-order valence-electron chi connectivity index (χ0n) is 6.77. The largest absolute Gasteiger partial charge is 1.00 e. The maximum Gasteiger partial charge on any atom is 0.182 e. The van der Waals surface area contributed by atoms with Crippen molar-refractivity contribution in [2.45, 2.75) is 12.8 Å². The Hall–Kier alpha value is 0.210. The molecule has 1 saturated heterocycles. The van der Waals surface area contributed by atoms with Crippen molar-refractivity contribution in [2.75, 3.05) is 34.0 Å². The first-order valence-electron chi connectivity index (χ1n) is 3.59. The number of likely N-dealkylation sites (tertiary alicyclic amines) is 1. The van der Waals surface area contributed by atoms with Gasteiger partial charge in [-0.3, -0.25) is 0 Å². The SMILES string of the molecule is COC[N+]1(C)CCCC1.[Cl-]. The zero-order chi connectivity index (χ0) is 6.74. The summed E-state index contributed by atoms with van der Waals surface area (Å²) in [5.41, 5.74) is 0. The minimum atomic E-state index is 0. The summed E-state index contributed by atoms with van der Waals surface area (Å²) < 4.78 is 6.22. The van der Waals surface area contributed by atoms with E-state index >= 15 is 0 Å². The average Bonchev–Trinajstić information content (AvgIpc) is 2.16. The Morgan fingerprint density at radius 3 is 2.20 bits per heavy atom. The molecule has 0 saturated carbocycles. The number of rotatable bonds is 2. The molecule has 0 aromatic rings. The van der Waals surface area contributed by atoms with E-state index in [4.69, 9.17) is 4.74 Å². The molecule has 2 nitrogen and oxygen atoms in total. The third-order valence-electron chi connectivity index (χ3n) is 2.09. The predicted octanol–water partition coefficient (Wildman–Crippen LogP) is -2.17. The Kier molecular flexibility index (Phi) is 4.25. The van der Waals surface area contributed by atoms with E-state index in [2.05, 4.69) is 7.05 Å². The van der Waals surface area contributed by atoms with Gasteiger partial charge in [0.2, 0.25) is 0 Å². The summed E-state index contributed by atoms with van der Waals surface area (Å²) >= 11 is 0. The molecule has 3 heteroatoms. The van der Waals surface area contributed by atoms with Crippen molar-refractivity contribution in [3.8, 4) is 0 Å². The van der Waals surface area contributed by atoms with Crippen LogP contribution in [0.2, 0.25) is 0 Å². The highest BCUT2D eigenvalue weighted by Gasteiger charge is 2.25. The fourth-order valence-corrected chi connectivity index (χ4v) is 1.54. The summed E-state index contributed by atoms with van der Waals surface area (Å²) in [4.78, 5) is 0. The van der Waals surface area contributed by atoms with E-state index in [1.807, 2.05) is 0 Å². The number of halogens is 1. The van der Waals surface area contributed by atoms with E-state index < -0.39 is 0 Å². The lowest BCUT2D eigenvalue weighted by molar-refractivity contribution is -0.916. The first-order valence-corrected chi connectivity index (χ1v) is 3.59. The van der Waals surface area contributed by atoms with E-state index in [-0.39, 0.29) is 12.4 Å². The Bertz CT molecular complexity index is 91.6. The molecular weight excluding hydrogens is 150 g/mol. The molecule has 0 radical (unpaired) electrons. The third kappa shape index (κ3) is 2.45. The average molecular weight is 166 g/mol. The lowest BCUT2D eigenvalue weighted by Gasteiger charge is -2.27. The topological polar surface area (TPSA) is 9.23 Å². The van der Waals surface area contributed by atoms with Crippen molar-refractivity contribution >= 4 is 0 Å². The highest BCUT2D eigenvalue weighted by atomic mass is 35.5. The number of hydrogen-bond donors (Lipinski definition) is 0. The van der Waals surface area contributed by atoms with Crippen LogP contribution in [0.4, 0.5) is 0 Å².